The van der Waals surface area contributed by atoms with E-state index in [4.69, 9.17) is 5.73 Å². The molecule has 0 spiro atoms. The Morgan fingerprint density at radius 3 is 2.89 bits per heavy atom. The van der Waals surface area contributed by atoms with Crippen LogP contribution in [0.4, 0.5) is 0 Å². The summed E-state index contributed by atoms with van der Waals surface area (Å²) in [7, 11) is 0. The molecular formula is C14H17N3O. The van der Waals surface area contributed by atoms with Crippen molar-refractivity contribution in [3.63, 3.8) is 0 Å². The van der Waals surface area contributed by atoms with Crippen molar-refractivity contribution in [1.82, 2.24) is 9.88 Å². The van der Waals surface area contributed by atoms with Gasteiger partial charge < -0.3 is 15.6 Å². The molecule has 0 aliphatic carbocycles. The zero-order chi connectivity index (χ0) is 12.5. The number of rotatable bonds is 4. The van der Waals surface area contributed by atoms with E-state index in [0.717, 1.165) is 23.9 Å². The molecule has 1 aliphatic heterocycles. The van der Waals surface area contributed by atoms with Crippen LogP contribution in [0.3, 0.4) is 0 Å². The Labute approximate surface area is 106 Å². The number of aromatic nitrogens is 1. The molecule has 3 rings (SSSR count). The Morgan fingerprint density at radius 2 is 2.22 bits per heavy atom. The Hall–Kier alpha value is -1.81. The molecule has 4 nitrogen and oxygen atoms in total. The van der Waals surface area contributed by atoms with E-state index in [9.17, 15) is 4.79 Å². The van der Waals surface area contributed by atoms with E-state index in [-0.39, 0.29) is 5.91 Å². The van der Waals surface area contributed by atoms with Crippen LogP contribution in [0.15, 0.2) is 24.4 Å². The van der Waals surface area contributed by atoms with E-state index in [0.29, 0.717) is 5.56 Å². The highest BCUT2D eigenvalue weighted by Crippen LogP contribution is 2.23. The van der Waals surface area contributed by atoms with Gasteiger partial charge in [-0.15, -0.1) is 0 Å². The lowest BCUT2D eigenvalue weighted by Crippen LogP contribution is -2.38. The van der Waals surface area contributed by atoms with Crippen LogP contribution < -0.4 is 5.73 Å². The monoisotopic (exact) mass is 243 g/mol. The van der Waals surface area contributed by atoms with Gasteiger partial charge in [0.15, 0.2) is 0 Å². The van der Waals surface area contributed by atoms with Gasteiger partial charge in [0.1, 0.15) is 0 Å². The Morgan fingerprint density at radius 1 is 1.39 bits per heavy atom. The number of primary amides is 1. The molecule has 1 aromatic carbocycles. The van der Waals surface area contributed by atoms with Gasteiger partial charge in [-0.2, -0.15) is 0 Å². The number of hydrogen-bond donors (Lipinski definition) is 2. The molecule has 1 fully saturated rings. The lowest BCUT2D eigenvalue weighted by molar-refractivity contribution is 0.100. The van der Waals surface area contributed by atoms with Gasteiger partial charge in [0, 0.05) is 29.2 Å². The second kappa shape index (κ2) is 4.46. The molecule has 0 saturated carbocycles. The standard InChI is InChI=1S/C14H17N3O/c15-14(18)11-3-1-4-12-13(11)10(9-16-12)5-8-17-6-2-7-17/h1,3-4,9,16H,2,5-8H2,(H2,15,18). The molecule has 2 heterocycles. The first-order valence-corrected chi connectivity index (χ1v) is 6.37. The number of likely N-dealkylation sites (tertiary alicyclic amines) is 1. The number of nitrogens with zero attached hydrogens (tertiary/aromatic N) is 1. The summed E-state index contributed by atoms with van der Waals surface area (Å²) in [6.45, 7) is 3.45. The normalized spacial score (nSPS) is 15.8. The highest BCUT2D eigenvalue weighted by atomic mass is 16.1. The average Bonchev–Trinajstić information content (AvgIpc) is 2.70. The fourth-order valence-electron chi connectivity index (χ4n) is 2.54. The number of nitrogens with two attached hydrogens (primary N) is 1. The summed E-state index contributed by atoms with van der Waals surface area (Å²) in [6.07, 6.45) is 4.27. The third-order valence-electron chi connectivity index (χ3n) is 3.70. The first-order chi connectivity index (χ1) is 8.75. The van der Waals surface area contributed by atoms with Crippen molar-refractivity contribution >= 4 is 16.8 Å². The molecule has 0 unspecified atom stereocenters. The summed E-state index contributed by atoms with van der Waals surface area (Å²) >= 11 is 0. The molecule has 0 atom stereocenters. The molecule has 2 aromatic rings. The molecule has 1 aliphatic rings. The lowest BCUT2D eigenvalue weighted by atomic mass is 10.0. The van der Waals surface area contributed by atoms with E-state index in [1.807, 2.05) is 18.3 Å². The number of fused-ring (bicyclic) bond motifs is 1. The number of aromatic amines is 1. The number of carbonyl (C=O) groups is 1. The zero-order valence-electron chi connectivity index (χ0n) is 10.3. The minimum atomic E-state index is -0.356. The number of carbonyl (C=O) groups excluding carboxylic acids is 1. The van der Waals surface area contributed by atoms with Crippen LogP contribution in [0.25, 0.3) is 10.9 Å². The van der Waals surface area contributed by atoms with Gasteiger partial charge in [-0.05, 0) is 43.6 Å². The van der Waals surface area contributed by atoms with Crippen LogP contribution in [-0.4, -0.2) is 35.4 Å². The van der Waals surface area contributed by atoms with Gasteiger partial charge in [-0.3, -0.25) is 4.79 Å². The van der Waals surface area contributed by atoms with E-state index < -0.39 is 0 Å². The van der Waals surface area contributed by atoms with Crippen molar-refractivity contribution in [2.24, 2.45) is 5.73 Å². The van der Waals surface area contributed by atoms with Crippen molar-refractivity contribution in [2.45, 2.75) is 12.8 Å². The van der Waals surface area contributed by atoms with Crippen LogP contribution in [0, 0.1) is 0 Å². The predicted octanol–water partition coefficient (Wildman–Crippen LogP) is 1.52. The lowest BCUT2D eigenvalue weighted by Gasteiger charge is -2.30. The molecule has 18 heavy (non-hydrogen) atoms. The summed E-state index contributed by atoms with van der Waals surface area (Å²) in [5.41, 5.74) is 8.23. The summed E-state index contributed by atoms with van der Waals surface area (Å²) in [4.78, 5) is 17.1. The first-order valence-electron chi connectivity index (χ1n) is 6.37. The van der Waals surface area contributed by atoms with E-state index in [1.54, 1.807) is 6.07 Å². The number of amides is 1. The van der Waals surface area contributed by atoms with Gasteiger partial charge in [0.25, 0.3) is 0 Å². The third kappa shape index (κ3) is 1.88. The molecule has 94 valence electrons. The van der Waals surface area contributed by atoms with Gasteiger partial charge >= 0.3 is 0 Å². The highest BCUT2D eigenvalue weighted by Gasteiger charge is 2.16. The maximum atomic E-state index is 11.5. The summed E-state index contributed by atoms with van der Waals surface area (Å²) < 4.78 is 0. The largest absolute Gasteiger partial charge is 0.366 e. The number of benzene rings is 1. The van der Waals surface area contributed by atoms with Gasteiger partial charge in [0.05, 0.1) is 0 Å². The summed E-state index contributed by atoms with van der Waals surface area (Å²) in [6, 6.07) is 5.64. The number of H-pyrrole nitrogens is 1. The van der Waals surface area contributed by atoms with Crippen LogP contribution in [-0.2, 0) is 6.42 Å². The van der Waals surface area contributed by atoms with Crippen molar-refractivity contribution < 1.29 is 4.79 Å². The fourth-order valence-corrected chi connectivity index (χ4v) is 2.54. The minimum Gasteiger partial charge on any atom is -0.366 e. The molecule has 1 amide bonds. The summed E-state index contributed by atoms with van der Waals surface area (Å²) in [5, 5.41) is 0.991. The van der Waals surface area contributed by atoms with Crippen LogP contribution >= 0.6 is 0 Å². The topological polar surface area (TPSA) is 62.1 Å². The van der Waals surface area contributed by atoms with Crippen molar-refractivity contribution in [3.8, 4) is 0 Å². The van der Waals surface area contributed by atoms with E-state index >= 15 is 0 Å². The van der Waals surface area contributed by atoms with Crippen molar-refractivity contribution in [2.75, 3.05) is 19.6 Å². The molecule has 0 bridgehead atoms. The molecule has 1 aromatic heterocycles. The minimum absolute atomic E-state index is 0.356. The third-order valence-corrected chi connectivity index (χ3v) is 3.70. The quantitative estimate of drug-likeness (QED) is 0.855. The Bertz CT molecular complexity index is 584. The number of hydrogen-bond acceptors (Lipinski definition) is 2. The molecule has 0 radical (unpaired) electrons. The molecule has 1 saturated heterocycles. The van der Waals surface area contributed by atoms with E-state index in [2.05, 4.69) is 9.88 Å². The first kappa shape index (κ1) is 11.3. The molecule has 4 heteroatoms. The smallest absolute Gasteiger partial charge is 0.249 e. The van der Waals surface area contributed by atoms with Gasteiger partial charge in [-0.1, -0.05) is 6.07 Å². The van der Waals surface area contributed by atoms with E-state index in [1.165, 1.54) is 25.1 Å². The highest BCUT2D eigenvalue weighted by molar-refractivity contribution is 6.06. The number of nitrogens with one attached hydrogen (secondary N) is 1. The second-order valence-electron chi connectivity index (χ2n) is 4.85. The summed E-state index contributed by atoms with van der Waals surface area (Å²) in [5.74, 6) is -0.356. The predicted molar refractivity (Wildman–Crippen MR) is 71.6 cm³/mol. The Balaban J connectivity index is 1.93. The maximum absolute atomic E-state index is 11.5. The SMILES string of the molecule is NC(=O)c1cccc2[nH]cc(CCN3CCC3)c12. The fraction of sp³-hybridized carbons (Fsp3) is 0.357. The maximum Gasteiger partial charge on any atom is 0.249 e. The second-order valence-corrected chi connectivity index (χ2v) is 4.85. The molecular weight excluding hydrogens is 226 g/mol. The van der Waals surface area contributed by atoms with Gasteiger partial charge in [0.2, 0.25) is 5.91 Å². The Kier molecular flexibility index (Phi) is 2.80. The van der Waals surface area contributed by atoms with Crippen molar-refractivity contribution in [1.29, 1.82) is 0 Å². The van der Waals surface area contributed by atoms with Crippen molar-refractivity contribution in [3.05, 3.63) is 35.5 Å². The molecule has 3 N–H and O–H groups in total. The van der Waals surface area contributed by atoms with Gasteiger partial charge in [-0.25, -0.2) is 0 Å². The zero-order valence-corrected chi connectivity index (χ0v) is 10.3. The average molecular weight is 243 g/mol. The van der Waals surface area contributed by atoms with Crippen LogP contribution in [0.2, 0.25) is 0 Å². The van der Waals surface area contributed by atoms with Crippen LogP contribution in [0.1, 0.15) is 22.3 Å². The van der Waals surface area contributed by atoms with Crippen LogP contribution in [0.5, 0.6) is 0 Å².